The molecule has 0 fully saturated rings. The van der Waals surface area contributed by atoms with E-state index in [1.54, 1.807) is 6.07 Å². The molecule has 0 aliphatic rings. The Kier molecular flexibility index (Phi) is 2.69. The average molecular weight is 183 g/mol. The van der Waals surface area contributed by atoms with E-state index in [1.165, 1.54) is 26.4 Å². The molecule has 1 rings (SSSR count). The second-order valence-corrected chi connectivity index (χ2v) is 2.27. The van der Waals surface area contributed by atoms with Crippen molar-refractivity contribution in [1.82, 2.24) is 0 Å². The van der Waals surface area contributed by atoms with E-state index in [2.05, 4.69) is 0 Å². The lowest BCUT2D eigenvalue weighted by atomic mass is 10.3. The van der Waals surface area contributed by atoms with Gasteiger partial charge in [-0.15, -0.1) is 0 Å². The standard InChI is InChI=1S/C8H9NO4/c1-12-6-4-3-5-7(13-2)8(6)9(10)11/h3-5H,1-2H3. The number of hydrogen-bond donors (Lipinski definition) is 0. The molecule has 0 aliphatic heterocycles. The second-order valence-electron chi connectivity index (χ2n) is 2.27. The van der Waals surface area contributed by atoms with Crippen molar-refractivity contribution in [1.29, 1.82) is 0 Å². The zero-order valence-electron chi connectivity index (χ0n) is 7.31. The third-order valence-corrected chi connectivity index (χ3v) is 1.58. The van der Waals surface area contributed by atoms with E-state index >= 15 is 0 Å². The molecule has 0 aromatic heterocycles. The SMILES string of the molecule is COc1cccc(OC)c1[N+](=O)[O-]. The lowest BCUT2D eigenvalue weighted by Gasteiger charge is -2.04. The Bertz CT molecular complexity index is 302. The van der Waals surface area contributed by atoms with E-state index in [0.717, 1.165) is 0 Å². The van der Waals surface area contributed by atoms with Gasteiger partial charge in [0.25, 0.3) is 0 Å². The molecule has 5 heteroatoms. The van der Waals surface area contributed by atoms with Crippen LogP contribution in [-0.4, -0.2) is 19.1 Å². The Hall–Kier alpha value is -1.78. The van der Waals surface area contributed by atoms with Gasteiger partial charge in [-0.3, -0.25) is 10.1 Å². The Morgan fingerprint density at radius 3 is 2.00 bits per heavy atom. The van der Waals surface area contributed by atoms with Gasteiger partial charge in [0.1, 0.15) is 0 Å². The Labute approximate surface area is 75.0 Å². The van der Waals surface area contributed by atoms with E-state index < -0.39 is 4.92 Å². The number of ether oxygens (including phenoxy) is 2. The predicted octanol–water partition coefficient (Wildman–Crippen LogP) is 1.61. The summed E-state index contributed by atoms with van der Waals surface area (Å²) in [6, 6.07) is 4.66. The highest BCUT2D eigenvalue weighted by Gasteiger charge is 2.20. The molecule has 0 saturated carbocycles. The van der Waals surface area contributed by atoms with E-state index in [4.69, 9.17) is 9.47 Å². The number of nitrogens with zero attached hydrogens (tertiary/aromatic N) is 1. The molecular weight excluding hydrogens is 174 g/mol. The Morgan fingerprint density at radius 2 is 1.69 bits per heavy atom. The first-order valence-corrected chi connectivity index (χ1v) is 3.56. The minimum atomic E-state index is -0.530. The van der Waals surface area contributed by atoms with E-state index in [-0.39, 0.29) is 17.2 Å². The van der Waals surface area contributed by atoms with Crippen molar-refractivity contribution in [3.05, 3.63) is 28.3 Å². The summed E-state index contributed by atoms with van der Waals surface area (Å²) in [5.74, 6) is 0.397. The molecule has 13 heavy (non-hydrogen) atoms. The van der Waals surface area contributed by atoms with Crippen molar-refractivity contribution in [2.45, 2.75) is 0 Å². The Morgan fingerprint density at radius 1 is 1.23 bits per heavy atom. The van der Waals surface area contributed by atoms with Crippen molar-refractivity contribution >= 4 is 5.69 Å². The van der Waals surface area contributed by atoms with Gasteiger partial charge in [-0.05, 0) is 12.1 Å². The van der Waals surface area contributed by atoms with Crippen molar-refractivity contribution < 1.29 is 14.4 Å². The first kappa shape index (κ1) is 9.31. The van der Waals surface area contributed by atoms with Gasteiger partial charge in [0.2, 0.25) is 11.5 Å². The summed E-state index contributed by atoms with van der Waals surface area (Å²) in [7, 11) is 2.75. The highest BCUT2D eigenvalue weighted by Crippen LogP contribution is 2.35. The van der Waals surface area contributed by atoms with Gasteiger partial charge in [0.15, 0.2) is 0 Å². The first-order valence-electron chi connectivity index (χ1n) is 3.56. The largest absolute Gasteiger partial charge is 0.490 e. The van der Waals surface area contributed by atoms with Crippen molar-refractivity contribution in [2.24, 2.45) is 0 Å². The number of nitro groups is 1. The predicted molar refractivity (Wildman–Crippen MR) is 46.2 cm³/mol. The molecule has 0 heterocycles. The summed E-state index contributed by atoms with van der Waals surface area (Å²) in [4.78, 5) is 10.1. The molecule has 0 N–H and O–H groups in total. The third kappa shape index (κ3) is 1.69. The number of nitro benzene ring substituents is 1. The van der Waals surface area contributed by atoms with Crippen LogP contribution < -0.4 is 9.47 Å². The molecular formula is C8H9NO4. The zero-order valence-corrected chi connectivity index (χ0v) is 7.31. The molecule has 0 saturated heterocycles. The Balaban J connectivity index is 3.29. The lowest BCUT2D eigenvalue weighted by Crippen LogP contribution is -1.96. The molecule has 5 nitrogen and oxygen atoms in total. The highest BCUT2D eigenvalue weighted by atomic mass is 16.6. The van der Waals surface area contributed by atoms with Crippen molar-refractivity contribution in [3.63, 3.8) is 0 Å². The van der Waals surface area contributed by atoms with Crippen LogP contribution in [0.4, 0.5) is 5.69 Å². The average Bonchev–Trinajstić information content (AvgIpc) is 2.16. The number of rotatable bonds is 3. The number of para-hydroxylation sites is 1. The lowest BCUT2D eigenvalue weighted by molar-refractivity contribution is -0.386. The monoisotopic (exact) mass is 183 g/mol. The maximum Gasteiger partial charge on any atom is 0.352 e. The van der Waals surface area contributed by atoms with E-state index in [9.17, 15) is 10.1 Å². The minimum Gasteiger partial charge on any atom is -0.490 e. The second kappa shape index (κ2) is 3.75. The fraction of sp³-hybridized carbons (Fsp3) is 0.250. The smallest absolute Gasteiger partial charge is 0.352 e. The third-order valence-electron chi connectivity index (χ3n) is 1.58. The van der Waals surface area contributed by atoms with Gasteiger partial charge in [-0.2, -0.15) is 0 Å². The molecule has 70 valence electrons. The fourth-order valence-corrected chi connectivity index (χ4v) is 1.01. The summed E-state index contributed by atoms with van der Waals surface area (Å²) >= 11 is 0. The van der Waals surface area contributed by atoms with E-state index in [0.29, 0.717) is 0 Å². The van der Waals surface area contributed by atoms with Crippen molar-refractivity contribution in [3.8, 4) is 11.5 Å². The van der Waals surface area contributed by atoms with Gasteiger partial charge >= 0.3 is 5.69 Å². The highest BCUT2D eigenvalue weighted by molar-refractivity contribution is 5.56. The minimum absolute atomic E-state index is 0.146. The molecule has 1 aromatic carbocycles. The molecule has 1 aromatic rings. The summed E-state index contributed by atoms with van der Waals surface area (Å²) in [5, 5.41) is 10.6. The van der Waals surface area contributed by atoms with Crippen LogP contribution >= 0.6 is 0 Å². The molecule has 0 bridgehead atoms. The van der Waals surface area contributed by atoms with Crippen LogP contribution in [0.3, 0.4) is 0 Å². The van der Waals surface area contributed by atoms with Crippen LogP contribution in [0.1, 0.15) is 0 Å². The van der Waals surface area contributed by atoms with Gasteiger partial charge in [-0.25, -0.2) is 0 Å². The van der Waals surface area contributed by atoms with Gasteiger partial charge in [-0.1, -0.05) is 6.07 Å². The molecule has 0 aliphatic carbocycles. The maximum atomic E-state index is 10.6. The molecule has 0 amide bonds. The summed E-state index contributed by atoms with van der Waals surface area (Å²) in [5.41, 5.74) is -0.146. The topological polar surface area (TPSA) is 61.6 Å². The molecule has 0 atom stereocenters. The summed E-state index contributed by atoms with van der Waals surface area (Å²) in [6.45, 7) is 0. The van der Waals surface area contributed by atoms with Crippen LogP contribution in [0, 0.1) is 10.1 Å². The summed E-state index contributed by atoms with van der Waals surface area (Å²) in [6.07, 6.45) is 0. The molecule has 0 radical (unpaired) electrons. The normalized spacial score (nSPS) is 9.38. The molecule has 0 spiro atoms. The maximum absolute atomic E-state index is 10.6. The van der Waals surface area contributed by atoms with Crippen LogP contribution in [0.5, 0.6) is 11.5 Å². The zero-order chi connectivity index (χ0) is 9.84. The fourth-order valence-electron chi connectivity index (χ4n) is 1.01. The van der Waals surface area contributed by atoms with Crippen molar-refractivity contribution in [2.75, 3.05) is 14.2 Å². The van der Waals surface area contributed by atoms with E-state index in [1.807, 2.05) is 0 Å². The van der Waals surface area contributed by atoms with Gasteiger partial charge in [0.05, 0.1) is 19.1 Å². The van der Waals surface area contributed by atoms with Gasteiger partial charge in [0, 0.05) is 0 Å². The van der Waals surface area contributed by atoms with Crippen LogP contribution in [0.15, 0.2) is 18.2 Å². The quantitative estimate of drug-likeness (QED) is 0.527. The number of methoxy groups -OCH3 is 2. The van der Waals surface area contributed by atoms with Crippen LogP contribution in [-0.2, 0) is 0 Å². The van der Waals surface area contributed by atoms with Crippen LogP contribution in [0.25, 0.3) is 0 Å². The first-order chi connectivity index (χ1) is 6.20. The van der Waals surface area contributed by atoms with Gasteiger partial charge < -0.3 is 9.47 Å². The molecule has 0 unspecified atom stereocenters. The number of hydrogen-bond acceptors (Lipinski definition) is 4. The number of benzene rings is 1. The summed E-state index contributed by atoms with van der Waals surface area (Å²) < 4.78 is 9.65. The van der Waals surface area contributed by atoms with Crippen LogP contribution in [0.2, 0.25) is 0 Å².